The molecule has 0 spiro atoms. The number of halogens is 1. The first-order valence-corrected chi connectivity index (χ1v) is 10.1. The van der Waals surface area contributed by atoms with Crippen LogP contribution in [-0.2, 0) is 17.9 Å². The van der Waals surface area contributed by atoms with Gasteiger partial charge in [0.25, 0.3) is 0 Å². The molecule has 1 atom stereocenters. The zero-order chi connectivity index (χ0) is 22.1. The highest BCUT2D eigenvalue weighted by molar-refractivity contribution is 5.96. The maximum atomic E-state index is 13.1. The van der Waals surface area contributed by atoms with E-state index in [1.807, 2.05) is 4.57 Å². The molecule has 5 rings (SSSR count). The molecule has 3 aromatic rings. The Bertz CT molecular complexity index is 1230. The summed E-state index contributed by atoms with van der Waals surface area (Å²) in [6.07, 6.45) is 4.43. The third-order valence-corrected chi connectivity index (χ3v) is 5.22. The Labute approximate surface area is 183 Å². The summed E-state index contributed by atoms with van der Waals surface area (Å²) in [5.74, 6) is 7.01. The van der Waals surface area contributed by atoms with E-state index in [0.29, 0.717) is 42.6 Å². The Morgan fingerprint density at radius 1 is 1.22 bits per heavy atom. The summed E-state index contributed by atoms with van der Waals surface area (Å²) in [5, 5.41) is 2.85. The molecule has 0 aromatic carbocycles. The van der Waals surface area contributed by atoms with Gasteiger partial charge in [-0.3, -0.25) is 9.88 Å². The Hall–Kier alpha value is -3.97. The second-order valence-corrected chi connectivity index (χ2v) is 7.30. The Kier molecular flexibility index (Phi) is 5.17. The maximum Gasteiger partial charge on any atom is 0.325 e. The fourth-order valence-electron chi connectivity index (χ4n) is 3.56. The second kappa shape index (κ2) is 8.28. The van der Waals surface area contributed by atoms with Gasteiger partial charge in [-0.2, -0.15) is 0 Å². The monoisotopic (exact) mass is 434 g/mol. The normalized spacial score (nSPS) is 15.1. The van der Waals surface area contributed by atoms with Crippen LogP contribution in [0.3, 0.4) is 0 Å². The molecule has 0 fully saturated rings. The van der Waals surface area contributed by atoms with E-state index >= 15 is 0 Å². The Balaban J connectivity index is 1.39. The van der Waals surface area contributed by atoms with E-state index < -0.39 is 17.9 Å². The number of nitrogens with one attached hydrogen (secondary N) is 1. The van der Waals surface area contributed by atoms with Crippen molar-refractivity contribution in [1.29, 1.82) is 0 Å². The molecule has 9 nitrogen and oxygen atoms in total. The van der Waals surface area contributed by atoms with E-state index in [1.54, 1.807) is 25.4 Å². The molecule has 0 bridgehead atoms. The van der Waals surface area contributed by atoms with Crippen LogP contribution < -0.4 is 15.0 Å². The van der Waals surface area contributed by atoms with Gasteiger partial charge in [-0.05, 0) is 31.0 Å². The van der Waals surface area contributed by atoms with Gasteiger partial charge in [0.05, 0.1) is 36.3 Å². The highest BCUT2D eigenvalue weighted by atomic mass is 19.1. The van der Waals surface area contributed by atoms with Crippen molar-refractivity contribution in [3.63, 3.8) is 0 Å². The first kappa shape index (κ1) is 20.0. The third kappa shape index (κ3) is 3.74. The van der Waals surface area contributed by atoms with Crippen LogP contribution in [0.5, 0.6) is 5.88 Å². The molecule has 10 heteroatoms. The third-order valence-electron chi connectivity index (χ3n) is 5.22. The molecule has 162 valence electrons. The summed E-state index contributed by atoms with van der Waals surface area (Å²) in [7, 11) is 0. The number of fused-ring (bicyclic) bond motifs is 2. The lowest BCUT2D eigenvalue weighted by Crippen LogP contribution is -2.41. The van der Waals surface area contributed by atoms with E-state index in [1.165, 1.54) is 17.0 Å². The van der Waals surface area contributed by atoms with Crippen molar-refractivity contribution in [2.24, 2.45) is 0 Å². The van der Waals surface area contributed by atoms with Crippen molar-refractivity contribution in [3.05, 3.63) is 65.4 Å². The van der Waals surface area contributed by atoms with Crippen LogP contribution >= 0.6 is 0 Å². The predicted octanol–water partition coefficient (Wildman–Crippen LogP) is 2.37. The molecule has 0 aliphatic carbocycles. The topological polar surface area (TPSA) is 94.4 Å². The zero-order valence-electron chi connectivity index (χ0n) is 17.2. The van der Waals surface area contributed by atoms with Gasteiger partial charge in [-0.1, -0.05) is 5.92 Å². The summed E-state index contributed by atoms with van der Waals surface area (Å²) in [4.78, 5) is 27.0. The summed E-state index contributed by atoms with van der Waals surface area (Å²) < 4.78 is 26.2. The van der Waals surface area contributed by atoms with E-state index in [4.69, 9.17) is 9.47 Å². The minimum Gasteiger partial charge on any atom is -0.454 e. The number of anilines is 1. The molecule has 2 amide bonds. The minimum atomic E-state index is -0.435. The van der Waals surface area contributed by atoms with Crippen LogP contribution in [0.15, 0.2) is 36.8 Å². The van der Waals surface area contributed by atoms with Crippen molar-refractivity contribution in [2.75, 3.05) is 18.2 Å². The van der Waals surface area contributed by atoms with Gasteiger partial charge in [0.15, 0.2) is 6.73 Å². The van der Waals surface area contributed by atoms with Crippen LogP contribution in [0, 0.1) is 17.7 Å². The van der Waals surface area contributed by atoms with Gasteiger partial charge in [-0.15, -0.1) is 0 Å². The largest absolute Gasteiger partial charge is 0.454 e. The SMILES string of the molecule is C[C@H](NC(=O)N1COc2nccc(C#Cc3cnc4n3CCOC4)c21)c1ccc(F)cn1. The van der Waals surface area contributed by atoms with Gasteiger partial charge in [-0.25, -0.2) is 19.2 Å². The molecule has 0 unspecified atom stereocenters. The lowest BCUT2D eigenvalue weighted by atomic mass is 10.2. The molecular formula is C22H19FN6O3. The maximum absolute atomic E-state index is 13.1. The van der Waals surface area contributed by atoms with Gasteiger partial charge in [0.2, 0.25) is 5.88 Å². The lowest BCUT2D eigenvalue weighted by Gasteiger charge is -2.20. The van der Waals surface area contributed by atoms with Crippen LogP contribution in [0.2, 0.25) is 0 Å². The summed E-state index contributed by atoms with van der Waals surface area (Å²) in [5.41, 5.74) is 2.43. The van der Waals surface area contributed by atoms with Crippen molar-refractivity contribution < 1.29 is 18.7 Å². The number of imidazole rings is 1. The van der Waals surface area contributed by atoms with Gasteiger partial charge < -0.3 is 19.4 Å². The lowest BCUT2D eigenvalue weighted by molar-refractivity contribution is 0.0813. The smallest absolute Gasteiger partial charge is 0.325 e. The van der Waals surface area contributed by atoms with Crippen molar-refractivity contribution >= 4 is 11.7 Å². The Morgan fingerprint density at radius 2 is 2.12 bits per heavy atom. The number of carbonyl (C=O) groups is 1. The number of nitrogens with zero attached hydrogens (tertiary/aromatic N) is 5. The van der Waals surface area contributed by atoms with Gasteiger partial charge >= 0.3 is 6.03 Å². The number of ether oxygens (including phenoxy) is 2. The number of rotatable bonds is 2. The average molecular weight is 434 g/mol. The van der Waals surface area contributed by atoms with E-state index in [9.17, 15) is 9.18 Å². The summed E-state index contributed by atoms with van der Waals surface area (Å²) in [6, 6.07) is 3.75. The fraction of sp³-hybridized carbons (Fsp3) is 0.273. The highest BCUT2D eigenvalue weighted by Gasteiger charge is 2.31. The molecule has 2 aliphatic heterocycles. The number of hydrogen-bond acceptors (Lipinski definition) is 6. The van der Waals surface area contributed by atoms with Crippen molar-refractivity contribution in [2.45, 2.75) is 26.1 Å². The first-order valence-electron chi connectivity index (χ1n) is 10.1. The van der Waals surface area contributed by atoms with E-state index in [2.05, 4.69) is 32.1 Å². The number of hydrogen-bond donors (Lipinski definition) is 1. The predicted molar refractivity (Wildman–Crippen MR) is 111 cm³/mol. The second-order valence-electron chi connectivity index (χ2n) is 7.30. The number of amides is 2. The Morgan fingerprint density at radius 3 is 2.97 bits per heavy atom. The minimum absolute atomic E-state index is 0.00977. The number of urea groups is 1. The van der Waals surface area contributed by atoms with E-state index in [0.717, 1.165) is 17.7 Å². The molecule has 1 N–H and O–H groups in total. The quantitative estimate of drug-likeness (QED) is 0.623. The molecule has 0 radical (unpaired) electrons. The zero-order valence-corrected chi connectivity index (χ0v) is 17.2. The fourth-order valence-corrected chi connectivity index (χ4v) is 3.56. The first-order chi connectivity index (χ1) is 15.6. The van der Waals surface area contributed by atoms with Crippen molar-refractivity contribution in [3.8, 4) is 17.7 Å². The number of aromatic nitrogens is 4. The van der Waals surface area contributed by atoms with E-state index in [-0.39, 0.29) is 6.73 Å². The summed E-state index contributed by atoms with van der Waals surface area (Å²) in [6.45, 7) is 3.56. The molecule has 0 saturated carbocycles. The van der Waals surface area contributed by atoms with Gasteiger partial charge in [0, 0.05) is 12.7 Å². The highest BCUT2D eigenvalue weighted by Crippen LogP contribution is 2.35. The van der Waals surface area contributed by atoms with Crippen LogP contribution in [-0.4, -0.2) is 38.9 Å². The molecule has 3 aromatic heterocycles. The molecular weight excluding hydrogens is 415 g/mol. The van der Waals surface area contributed by atoms with Crippen LogP contribution in [0.4, 0.5) is 14.9 Å². The molecule has 2 aliphatic rings. The molecule has 0 saturated heterocycles. The number of carbonyl (C=O) groups excluding carboxylic acids is 1. The summed E-state index contributed by atoms with van der Waals surface area (Å²) >= 11 is 0. The molecule has 5 heterocycles. The van der Waals surface area contributed by atoms with Gasteiger partial charge in [0.1, 0.15) is 29.6 Å². The van der Waals surface area contributed by atoms with Crippen LogP contribution in [0.1, 0.15) is 35.7 Å². The van der Waals surface area contributed by atoms with Crippen LogP contribution in [0.25, 0.3) is 0 Å². The van der Waals surface area contributed by atoms with Crippen molar-refractivity contribution in [1.82, 2.24) is 24.8 Å². The number of pyridine rings is 2. The standard InChI is InChI=1S/C22H19FN6O3/c1-14(18-5-3-16(23)10-25-18)27-22(30)29-13-32-21-20(29)15(6-7-24-21)2-4-17-11-26-19-12-31-9-8-28(17)19/h3,5-7,10-11,14H,8-9,12-13H2,1H3,(H,27,30)/t14-/m0/s1. The molecule has 32 heavy (non-hydrogen) atoms. The average Bonchev–Trinajstić information content (AvgIpc) is 3.43.